The molecule has 0 saturated heterocycles. The highest BCUT2D eigenvalue weighted by Gasteiger charge is 2.15. The number of ketones is 1. The number of hydrogen-bond donors (Lipinski definition) is 2. The number of carbonyl (C=O) groups is 2. The van der Waals surface area contributed by atoms with E-state index in [-0.39, 0.29) is 16.8 Å². The van der Waals surface area contributed by atoms with Crippen molar-refractivity contribution >= 4 is 50.6 Å². The summed E-state index contributed by atoms with van der Waals surface area (Å²) in [6, 6.07) is 12.1. The first kappa shape index (κ1) is 19.1. The molecule has 0 saturated carbocycles. The van der Waals surface area contributed by atoms with E-state index < -0.39 is 0 Å². The molecule has 130 valence electrons. The first-order valence-electron chi connectivity index (χ1n) is 7.56. The van der Waals surface area contributed by atoms with E-state index in [0.29, 0.717) is 29.2 Å². The lowest BCUT2D eigenvalue weighted by Crippen LogP contribution is -2.34. The van der Waals surface area contributed by atoms with Crippen LogP contribution in [0.4, 0.5) is 5.69 Å². The van der Waals surface area contributed by atoms with Crippen molar-refractivity contribution in [2.75, 3.05) is 11.9 Å². The number of nitrogens with one attached hydrogen (secondary N) is 2. The molecule has 25 heavy (non-hydrogen) atoms. The van der Waals surface area contributed by atoms with Crippen LogP contribution < -0.4 is 15.4 Å². The first-order chi connectivity index (χ1) is 11.9. The van der Waals surface area contributed by atoms with Crippen LogP contribution >= 0.6 is 28.1 Å². The lowest BCUT2D eigenvalue weighted by Gasteiger charge is -2.13. The highest BCUT2D eigenvalue weighted by Crippen LogP contribution is 2.23. The molecular weight excluding hydrogens is 404 g/mol. The van der Waals surface area contributed by atoms with Crippen molar-refractivity contribution in [3.05, 3.63) is 58.1 Å². The number of amides is 1. The maximum atomic E-state index is 12.5. The maximum Gasteiger partial charge on any atom is 0.261 e. The Labute approximate surface area is 159 Å². The summed E-state index contributed by atoms with van der Waals surface area (Å²) < 4.78 is 6.23. The van der Waals surface area contributed by atoms with E-state index in [1.807, 2.05) is 6.92 Å². The third-order valence-electron chi connectivity index (χ3n) is 3.24. The molecule has 2 rings (SSSR count). The second-order valence-electron chi connectivity index (χ2n) is 5.12. The van der Waals surface area contributed by atoms with Crippen LogP contribution in [-0.2, 0) is 0 Å². The third kappa shape index (κ3) is 5.37. The van der Waals surface area contributed by atoms with Crippen LogP contribution in [0.15, 0.2) is 46.9 Å². The van der Waals surface area contributed by atoms with Crippen molar-refractivity contribution in [3.8, 4) is 5.75 Å². The monoisotopic (exact) mass is 420 g/mol. The number of carbonyl (C=O) groups excluding carboxylic acids is 2. The van der Waals surface area contributed by atoms with Gasteiger partial charge in [0, 0.05) is 15.7 Å². The highest BCUT2D eigenvalue weighted by atomic mass is 79.9. The molecule has 7 heteroatoms. The zero-order valence-corrected chi connectivity index (χ0v) is 16.2. The summed E-state index contributed by atoms with van der Waals surface area (Å²) in [4.78, 5) is 23.9. The summed E-state index contributed by atoms with van der Waals surface area (Å²) in [6.07, 6.45) is 0. The lowest BCUT2D eigenvalue weighted by molar-refractivity contribution is 0.0972. The van der Waals surface area contributed by atoms with Gasteiger partial charge in [-0.05, 0) is 56.4 Å². The van der Waals surface area contributed by atoms with Gasteiger partial charge in [0.25, 0.3) is 5.91 Å². The summed E-state index contributed by atoms with van der Waals surface area (Å²) in [5.41, 5.74) is 1.56. The molecule has 0 aliphatic carbocycles. The number of Topliss-reactive ketones (excluding diaryl/α,β-unsaturated/α-hetero) is 1. The number of rotatable bonds is 5. The van der Waals surface area contributed by atoms with Gasteiger partial charge in [0.05, 0.1) is 12.2 Å². The summed E-state index contributed by atoms with van der Waals surface area (Å²) in [5.74, 6) is 0.0450. The summed E-state index contributed by atoms with van der Waals surface area (Å²) in [7, 11) is 0. The van der Waals surface area contributed by atoms with E-state index in [9.17, 15) is 9.59 Å². The van der Waals surface area contributed by atoms with E-state index >= 15 is 0 Å². The molecule has 1 amide bonds. The lowest BCUT2D eigenvalue weighted by atomic mass is 10.1. The SMILES string of the molecule is CCOc1ccc(Br)cc1C(=O)NC(=S)Nc1cccc(C(C)=O)c1. The fourth-order valence-electron chi connectivity index (χ4n) is 2.11. The topological polar surface area (TPSA) is 67.4 Å². The second kappa shape index (κ2) is 8.73. The average Bonchev–Trinajstić information content (AvgIpc) is 2.56. The number of ether oxygens (including phenoxy) is 1. The molecule has 2 aromatic carbocycles. The Bertz CT molecular complexity index is 824. The molecule has 0 aliphatic heterocycles. The zero-order chi connectivity index (χ0) is 18.4. The maximum absolute atomic E-state index is 12.5. The van der Waals surface area contributed by atoms with Gasteiger partial charge in [-0.2, -0.15) is 0 Å². The molecule has 0 atom stereocenters. The van der Waals surface area contributed by atoms with Crippen molar-refractivity contribution in [2.45, 2.75) is 13.8 Å². The standard InChI is InChI=1S/C18H17BrN2O3S/c1-3-24-16-8-7-13(19)10-15(16)17(23)21-18(25)20-14-6-4-5-12(9-14)11(2)22/h4-10H,3H2,1-2H3,(H2,20,21,23,25). The Morgan fingerprint density at radius 3 is 2.64 bits per heavy atom. The Kier molecular flexibility index (Phi) is 6.66. The van der Waals surface area contributed by atoms with Crippen molar-refractivity contribution in [3.63, 3.8) is 0 Å². The number of anilines is 1. The number of thiocarbonyl (C=S) groups is 1. The van der Waals surface area contributed by atoms with Gasteiger partial charge in [0.1, 0.15) is 5.75 Å². The Morgan fingerprint density at radius 2 is 1.96 bits per heavy atom. The molecule has 0 aliphatic rings. The third-order valence-corrected chi connectivity index (χ3v) is 3.94. The van der Waals surface area contributed by atoms with Crippen molar-refractivity contribution < 1.29 is 14.3 Å². The van der Waals surface area contributed by atoms with Crippen LogP contribution in [0, 0.1) is 0 Å². The Balaban J connectivity index is 2.10. The van der Waals surface area contributed by atoms with E-state index in [2.05, 4.69) is 26.6 Å². The molecule has 2 N–H and O–H groups in total. The van der Waals surface area contributed by atoms with E-state index in [1.165, 1.54) is 6.92 Å². The molecule has 0 heterocycles. The fraction of sp³-hybridized carbons (Fsp3) is 0.167. The van der Waals surface area contributed by atoms with E-state index in [0.717, 1.165) is 4.47 Å². The van der Waals surface area contributed by atoms with Crippen LogP contribution in [-0.4, -0.2) is 23.4 Å². The van der Waals surface area contributed by atoms with Gasteiger partial charge in [-0.15, -0.1) is 0 Å². The largest absolute Gasteiger partial charge is 0.493 e. The number of hydrogen-bond acceptors (Lipinski definition) is 4. The summed E-state index contributed by atoms with van der Waals surface area (Å²) >= 11 is 8.52. The van der Waals surface area contributed by atoms with Gasteiger partial charge >= 0.3 is 0 Å². The normalized spacial score (nSPS) is 10.0. The van der Waals surface area contributed by atoms with Crippen molar-refractivity contribution in [1.82, 2.24) is 5.32 Å². The average molecular weight is 421 g/mol. The minimum atomic E-state index is -0.384. The zero-order valence-electron chi connectivity index (χ0n) is 13.8. The Hall–Kier alpha value is -2.25. The van der Waals surface area contributed by atoms with Crippen LogP contribution in [0.2, 0.25) is 0 Å². The number of benzene rings is 2. The van der Waals surface area contributed by atoms with Crippen LogP contribution in [0.1, 0.15) is 34.6 Å². The van der Waals surface area contributed by atoms with Crippen LogP contribution in [0.25, 0.3) is 0 Å². The molecule has 0 bridgehead atoms. The highest BCUT2D eigenvalue weighted by molar-refractivity contribution is 9.10. The van der Waals surface area contributed by atoms with Crippen molar-refractivity contribution in [2.24, 2.45) is 0 Å². The minimum Gasteiger partial charge on any atom is -0.493 e. The van der Waals surface area contributed by atoms with Gasteiger partial charge in [0.2, 0.25) is 0 Å². The molecule has 0 unspecified atom stereocenters. The molecule has 0 spiro atoms. The van der Waals surface area contributed by atoms with Gasteiger partial charge in [-0.3, -0.25) is 14.9 Å². The summed E-state index contributed by atoms with van der Waals surface area (Å²) in [6.45, 7) is 3.78. The Morgan fingerprint density at radius 1 is 1.20 bits per heavy atom. The van der Waals surface area contributed by atoms with E-state index in [4.69, 9.17) is 17.0 Å². The predicted molar refractivity (Wildman–Crippen MR) is 105 cm³/mol. The quantitative estimate of drug-likeness (QED) is 0.560. The smallest absolute Gasteiger partial charge is 0.261 e. The molecule has 0 fully saturated rings. The van der Waals surface area contributed by atoms with E-state index in [1.54, 1.807) is 42.5 Å². The second-order valence-corrected chi connectivity index (χ2v) is 6.44. The molecule has 2 aromatic rings. The molecular formula is C18H17BrN2O3S. The predicted octanol–water partition coefficient (Wildman–Crippen LogP) is 4.18. The molecule has 5 nitrogen and oxygen atoms in total. The van der Waals surface area contributed by atoms with Crippen LogP contribution in [0.5, 0.6) is 5.75 Å². The van der Waals surface area contributed by atoms with Gasteiger partial charge in [0.15, 0.2) is 10.9 Å². The van der Waals surface area contributed by atoms with Gasteiger partial charge in [-0.1, -0.05) is 28.1 Å². The van der Waals surface area contributed by atoms with Crippen molar-refractivity contribution in [1.29, 1.82) is 0 Å². The van der Waals surface area contributed by atoms with Gasteiger partial charge in [-0.25, -0.2) is 0 Å². The summed E-state index contributed by atoms with van der Waals surface area (Å²) in [5, 5.41) is 5.65. The molecule has 0 aromatic heterocycles. The molecule has 0 radical (unpaired) electrons. The minimum absolute atomic E-state index is 0.0471. The van der Waals surface area contributed by atoms with Crippen LogP contribution in [0.3, 0.4) is 0 Å². The van der Waals surface area contributed by atoms with Gasteiger partial charge < -0.3 is 10.1 Å². The number of halogens is 1. The fourth-order valence-corrected chi connectivity index (χ4v) is 2.68. The first-order valence-corrected chi connectivity index (χ1v) is 8.76.